The van der Waals surface area contributed by atoms with Gasteiger partial charge in [0, 0.05) is 12.5 Å². The first-order valence-corrected chi connectivity index (χ1v) is 6.46. The van der Waals surface area contributed by atoms with Gasteiger partial charge in [0.15, 0.2) is 5.82 Å². The maximum Gasteiger partial charge on any atom is 0.228 e. The Morgan fingerprint density at radius 3 is 3.20 bits per heavy atom. The lowest BCUT2D eigenvalue weighted by Gasteiger charge is -2.04. The maximum atomic E-state index is 5.24. The van der Waals surface area contributed by atoms with Gasteiger partial charge in [-0.1, -0.05) is 5.16 Å². The van der Waals surface area contributed by atoms with Gasteiger partial charge >= 0.3 is 0 Å². The summed E-state index contributed by atoms with van der Waals surface area (Å²) in [6.45, 7) is 2.11. The molecule has 15 heavy (non-hydrogen) atoms. The molecule has 2 unspecified atom stereocenters. The smallest absolute Gasteiger partial charge is 0.228 e. The Morgan fingerprint density at radius 2 is 2.53 bits per heavy atom. The summed E-state index contributed by atoms with van der Waals surface area (Å²) >= 11 is 1.93. The Bertz CT molecular complexity index is 309. The molecule has 0 amide bonds. The van der Waals surface area contributed by atoms with Gasteiger partial charge < -0.3 is 9.84 Å². The van der Waals surface area contributed by atoms with Crippen LogP contribution in [-0.4, -0.2) is 29.0 Å². The summed E-state index contributed by atoms with van der Waals surface area (Å²) in [6.07, 6.45) is 3.26. The molecule has 1 N–H and O–H groups in total. The quantitative estimate of drug-likeness (QED) is 0.850. The summed E-state index contributed by atoms with van der Waals surface area (Å²) in [4.78, 5) is 4.44. The topological polar surface area (TPSA) is 51.0 Å². The van der Waals surface area contributed by atoms with Gasteiger partial charge in [-0.15, -0.1) is 0 Å². The summed E-state index contributed by atoms with van der Waals surface area (Å²) in [5, 5.41) is 7.68. The molecule has 1 fully saturated rings. The Labute approximate surface area is 94.2 Å². The van der Waals surface area contributed by atoms with Crippen molar-refractivity contribution in [2.45, 2.75) is 37.5 Å². The van der Waals surface area contributed by atoms with E-state index in [2.05, 4.69) is 22.4 Å². The lowest BCUT2D eigenvalue weighted by Crippen LogP contribution is -2.23. The van der Waals surface area contributed by atoms with E-state index in [-0.39, 0.29) is 0 Å². The molecule has 84 valence electrons. The van der Waals surface area contributed by atoms with Gasteiger partial charge in [0.05, 0.1) is 5.25 Å². The normalized spacial score (nSPS) is 23.2. The molecular weight excluding hydrogens is 210 g/mol. The summed E-state index contributed by atoms with van der Waals surface area (Å²) < 4.78 is 5.24. The van der Waals surface area contributed by atoms with Gasteiger partial charge in [0.1, 0.15) is 0 Å². The number of aromatic nitrogens is 2. The van der Waals surface area contributed by atoms with Gasteiger partial charge in [0.2, 0.25) is 5.89 Å². The number of hydrogen-bond donors (Lipinski definition) is 1. The van der Waals surface area contributed by atoms with E-state index in [0.29, 0.717) is 11.3 Å². The van der Waals surface area contributed by atoms with Crippen LogP contribution in [0.15, 0.2) is 4.52 Å². The number of thioether (sulfide) groups is 1. The molecule has 0 bridgehead atoms. The molecule has 1 aliphatic heterocycles. The molecule has 2 rings (SSSR count). The van der Waals surface area contributed by atoms with Crippen LogP contribution >= 0.6 is 11.8 Å². The molecule has 4 nitrogen and oxygen atoms in total. The molecule has 1 aromatic rings. The fourth-order valence-corrected chi connectivity index (χ4v) is 2.82. The lowest BCUT2D eigenvalue weighted by atomic mass is 10.2. The highest BCUT2D eigenvalue weighted by molar-refractivity contribution is 7.99. The van der Waals surface area contributed by atoms with Crippen molar-refractivity contribution >= 4 is 11.8 Å². The van der Waals surface area contributed by atoms with Gasteiger partial charge in [0.25, 0.3) is 0 Å². The van der Waals surface area contributed by atoms with E-state index in [0.717, 1.165) is 18.1 Å². The Morgan fingerprint density at radius 1 is 1.67 bits per heavy atom. The number of rotatable bonds is 4. The molecule has 2 heterocycles. The predicted molar refractivity (Wildman–Crippen MR) is 61.0 cm³/mol. The van der Waals surface area contributed by atoms with Gasteiger partial charge in [-0.2, -0.15) is 16.7 Å². The molecule has 0 aromatic carbocycles. The third kappa shape index (κ3) is 2.72. The Kier molecular flexibility index (Phi) is 3.64. The van der Waals surface area contributed by atoms with Crippen molar-refractivity contribution < 1.29 is 4.52 Å². The molecule has 0 radical (unpaired) electrons. The first-order chi connectivity index (χ1) is 7.29. The van der Waals surface area contributed by atoms with E-state index in [4.69, 9.17) is 4.52 Å². The molecule has 5 heteroatoms. The zero-order chi connectivity index (χ0) is 10.7. The van der Waals surface area contributed by atoms with Crippen molar-refractivity contribution in [2.24, 2.45) is 0 Å². The van der Waals surface area contributed by atoms with Crippen LogP contribution in [0.1, 0.15) is 36.7 Å². The second kappa shape index (κ2) is 4.99. The van der Waals surface area contributed by atoms with Crippen molar-refractivity contribution in [3.05, 3.63) is 11.7 Å². The summed E-state index contributed by atoms with van der Waals surface area (Å²) in [5.41, 5.74) is 0. The van der Waals surface area contributed by atoms with Gasteiger partial charge in [-0.05, 0) is 32.6 Å². The van der Waals surface area contributed by atoms with Crippen LogP contribution in [0.2, 0.25) is 0 Å². The number of hydrogen-bond acceptors (Lipinski definition) is 5. The minimum absolute atomic E-state index is 0.384. The first-order valence-electron chi connectivity index (χ1n) is 5.41. The minimum atomic E-state index is 0.384. The van der Waals surface area contributed by atoms with Gasteiger partial charge in [-0.25, -0.2) is 0 Å². The highest BCUT2D eigenvalue weighted by Crippen LogP contribution is 2.38. The van der Waals surface area contributed by atoms with E-state index in [1.807, 2.05) is 18.8 Å². The molecule has 1 saturated heterocycles. The summed E-state index contributed by atoms with van der Waals surface area (Å²) in [6, 6.07) is 0.384. The van der Waals surface area contributed by atoms with Crippen LogP contribution in [0.3, 0.4) is 0 Å². The average molecular weight is 227 g/mol. The highest BCUT2D eigenvalue weighted by atomic mass is 32.2. The Hall–Kier alpha value is -0.550. The molecule has 2 atom stereocenters. The highest BCUT2D eigenvalue weighted by Gasteiger charge is 2.23. The first kappa shape index (κ1) is 11.0. The van der Waals surface area contributed by atoms with Crippen LogP contribution in [0.25, 0.3) is 0 Å². The standard InChI is InChI=1S/C10H17N3OS/c1-7(11-2)6-9-12-10(13-14-9)8-4-3-5-15-8/h7-8,11H,3-6H2,1-2H3. The lowest BCUT2D eigenvalue weighted by molar-refractivity contribution is 0.360. The van der Waals surface area contributed by atoms with Crippen LogP contribution in [0.4, 0.5) is 0 Å². The van der Waals surface area contributed by atoms with Crippen LogP contribution in [0, 0.1) is 0 Å². The summed E-state index contributed by atoms with van der Waals surface area (Å²) in [7, 11) is 1.94. The molecule has 0 spiro atoms. The second-order valence-electron chi connectivity index (χ2n) is 3.94. The van der Waals surface area contributed by atoms with Gasteiger partial charge in [-0.3, -0.25) is 0 Å². The monoisotopic (exact) mass is 227 g/mol. The molecule has 1 aromatic heterocycles. The SMILES string of the molecule is CNC(C)Cc1nc(C2CCCS2)no1. The average Bonchev–Trinajstić information content (AvgIpc) is 2.85. The molecular formula is C10H17N3OS. The van der Waals surface area contributed by atoms with Crippen LogP contribution in [-0.2, 0) is 6.42 Å². The number of nitrogens with one attached hydrogen (secondary N) is 1. The minimum Gasteiger partial charge on any atom is -0.339 e. The van der Waals surface area contributed by atoms with Crippen molar-refractivity contribution in [3.63, 3.8) is 0 Å². The third-order valence-electron chi connectivity index (χ3n) is 2.68. The van der Waals surface area contributed by atoms with Crippen molar-refractivity contribution in [1.82, 2.24) is 15.5 Å². The van der Waals surface area contributed by atoms with Crippen molar-refractivity contribution in [3.8, 4) is 0 Å². The fourth-order valence-electron chi connectivity index (χ4n) is 1.63. The summed E-state index contributed by atoms with van der Waals surface area (Å²) in [5.74, 6) is 2.86. The van der Waals surface area contributed by atoms with E-state index >= 15 is 0 Å². The number of nitrogens with zero attached hydrogens (tertiary/aromatic N) is 2. The third-order valence-corrected chi connectivity index (χ3v) is 4.05. The number of likely N-dealkylation sites (N-methyl/N-ethyl adjacent to an activating group) is 1. The van der Waals surface area contributed by atoms with Crippen molar-refractivity contribution in [1.29, 1.82) is 0 Å². The fraction of sp³-hybridized carbons (Fsp3) is 0.800. The Balaban J connectivity index is 1.97. The molecule has 0 aliphatic carbocycles. The largest absolute Gasteiger partial charge is 0.339 e. The zero-order valence-corrected chi connectivity index (χ0v) is 10.0. The molecule has 1 aliphatic rings. The molecule has 0 saturated carbocycles. The maximum absolute atomic E-state index is 5.24. The van der Waals surface area contributed by atoms with Crippen LogP contribution < -0.4 is 5.32 Å². The second-order valence-corrected chi connectivity index (χ2v) is 5.25. The van der Waals surface area contributed by atoms with E-state index in [9.17, 15) is 0 Å². The van der Waals surface area contributed by atoms with Crippen LogP contribution in [0.5, 0.6) is 0 Å². The predicted octanol–water partition coefficient (Wildman–Crippen LogP) is 1.79. The van der Waals surface area contributed by atoms with Crippen molar-refractivity contribution in [2.75, 3.05) is 12.8 Å². The van der Waals surface area contributed by atoms with E-state index in [1.54, 1.807) is 0 Å². The van der Waals surface area contributed by atoms with E-state index < -0.39 is 0 Å². The zero-order valence-electron chi connectivity index (χ0n) is 9.19. The van der Waals surface area contributed by atoms with E-state index in [1.165, 1.54) is 18.6 Å².